The van der Waals surface area contributed by atoms with Crippen LogP contribution in [0.3, 0.4) is 0 Å². The molecule has 18 heavy (non-hydrogen) atoms. The standard InChI is InChI=1S/C13H11ClFNO2/c14-11-5-4-10(9-12(11)15)18-8-7-16-6-2-1-3-13(16)17/h1-6,9H,7-8H2. The molecule has 0 amide bonds. The van der Waals surface area contributed by atoms with Crippen LogP contribution in [0.5, 0.6) is 5.75 Å². The van der Waals surface area contributed by atoms with Crippen molar-refractivity contribution < 1.29 is 9.13 Å². The van der Waals surface area contributed by atoms with Crippen molar-refractivity contribution in [3.63, 3.8) is 0 Å². The summed E-state index contributed by atoms with van der Waals surface area (Å²) in [6, 6.07) is 9.15. The van der Waals surface area contributed by atoms with Gasteiger partial charge in [-0.15, -0.1) is 0 Å². The van der Waals surface area contributed by atoms with Crippen LogP contribution < -0.4 is 10.3 Å². The number of halogens is 2. The number of hydrogen-bond donors (Lipinski definition) is 0. The number of rotatable bonds is 4. The number of nitrogens with zero attached hydrogens (tertiary/aromatic N) is 1. The Morgan fingerprint density at radius 3 is 2.83 bits per heavy atom. The maximum Gasteiger partial charge on any atom is 0.250 e. The van der Waals surface area contributed by atoms with Gasteiger partial charge in [0.25, 0.3) is 5.56 Å². The lowest BCUT2D eigenvalue weighted by Crippen LogP contribution is -2.21. The molecule has 0 aliphatic heterocycles. The molecule has 0 radical (unpaired) electrons. The Kier molecular flexibility index (Phi) is 3.99. The van der Waals surface area contributed by atoms with Gasteiger partial charge in [0.05, 0.1) is 11.6 Å². The highest BCUT2D eigenvalue weighted by Gasteiger charge is 2.02. The first kappa shape index (κ1) is 12.6. The summed E-state index contributed by atoms with van der Waals surface area (Å²) in [6.07, 6.45) is 1.67. The van der Waals surface area contributed by atoms with Crippen LogP contribution in [0.25, 0.3) is 0 Å². The Labute approximate surface area is 108 Å². The van der Waals surface area contributed by atoms with E-state index in [1.165, 1.54) is 22.8 Å². The van der Waals surface area contributed by atoms with E-state index in [1.807, 2.05) is 0 Å². The molecule has 0 fully saturated rings. The van der Waals surface area contributed by atoms with Gasteiger partial charge in [0.1, 0.15) is 18.2 Å². The number of benzene rings is 1. The lowest BCUT2D eigenvalue weighted by molar-refractivity contribution is 0.295. The molecule has 1 heterocycles. The van der Waals surface area contributed by atoms with Crippen LogP contribution >= 0.6 is 11.6 Å². The number of hydrogen-bond acceptors (Lipinski definition) is 2. The Balaban J connectivity index is 1.95. The van der Waals surface area contributed by atoms with E-state index in [-0.39, 0.29) is 17.2 Å². The molecular weight excluding hydrogens is 257 g/mol. The average Bonchev–Trinajstić information content (AvgIpc) is 2.36. The molecule has 0 saturated carbocycles. The molecule has 0 spiro atoms. The average molecular weight is 268 g/mol. The molecule has 3 nitrogen and oxygen atoms in total. The topological polar surface area (TPSA) is 31.2 Å². The molecule has 2 aromatic rings. The second kappa shape index (κ2) is 5.69. The maximum atomic E-state index is 13.1. The van der Waals surface area contributed by atoms with Crippen LogP contribution in [-0.2, 0) is 6.54 Å². The number of ether oxygens (including phenoxy) is 1. The summed E-state index contributed by atoms with van der Waals surface area (Å²) in [7, 11) is 0. The van der Waals surface area contributed by atoms with Crippen molar-refractivity contribution in [2.75, 3.05) is 6.61 Å². The number of aromatic nitrogens is 1. The first-order valence-electron chi connectivity index (χ1n) is 5.40. The molecule has 0 bridgehead atoms. The largest absolute Gasteiger partial charge is 0.492 e. The summed E-state index contributed by atoms with van der Waals surface area (Å²) in [5.41, 5.74) is -0.0941. The van der Waals surface area contributed by atoms with Crippen molar-refractivity contribution >= 4 is 11.6 Å². The van der Waals surface area contributed by atoms with Crippen LogP contribution in [0.15, 0.2) is 47.4 Å². The van der Waals surface area contributed by atoms with Gasteiger partial charge in [-0.05, 0) is 18.2 Å². The lowest BCUT2D eigenvalue weighted by Gasteiger charge is -2.08. The molecule has 1 aromatic heterocycles. The van der Waals surface area contributed by atoms with Crippen LogP contribution in [0.4, 0.5) is 4.39 Å². The minimum atomic E-state index is -0.522. The highest BCUT2D eigenvalue weighted by atomic mass is 35.5. The summed E-state index contributed by atoms with van der Waals surface area (Å²) in [4.78, 5) is 11.4. The van der Waals surface area contributed by atoms with Crippen molar-refractivity contribution in [3.05, 3.63) is 63.8 Å². The van der Waals surface area contributed by atoms with Crippen molar-refractivity contribution in [1.29, 1.82) is 0 Å². The third kappa shape index (κ3) is 3.11. The molecule has 94 valence electrons. The predicted octanol–water partition coefficient (Wildman–Crippen LogP) is 2.72. The molecule has 0 atom stereocenters. The van der Waals surface area contributed by atoms with Gasteiger partial charge in [-0.1, -0.05) is 17.7 Å². The van der Waals surface area contributed by atoms with Gasteiger partial charge in [0.2, 0.25) is 0 Å². The van der Waals surface area contributed by atoms with Gasteiger partial charge < -0.3 is 9.30 Å². The van der Waals surface area contributed by atoms with E-state index in [9.17, 15) is 9.18 Å². The molecule has 1 aromatic carbocycles. The van der Waals surface area contributed by atoms with E-state index in [2.05, 4.69) is 0 Å². The monoisotopic (exact) mass is 267 g/mol. The van der Waals surface area contributed by atoms with E-state index in [4.69, 9.17) is 16.3 Å². The Bertz CT molecular complexity index is 598. The zero-order valence-corrected chi connectivity index (χ0v) is 10.2. The smallest absolute Gasteiger partial charge is 0.250 e. The van der Waals surface area contributed by atoms with Gasteiger partial charge in [0, 0.05) is 18.3 Å². The first-order chi connectivity index (χ1) is 8.66. The molecule has 0 N–H and O–H groups in total. The Morgan fingerprint density at radius 2 is 2.11 bits per heavy atom. The zero-order valence-electron chi connectivity index (χ0n) is 9.48. The van der Waals surface area contributed by atoms with Crippen LogP contribution in [-0.4, -0.2) is 11.2 Å². The van der Waals surface area contributed by atoms with Gasteiger partial charge in [0.15, 0.2) is 0 Å². The van der Waals surface area contributed by atoms with E-state index in [1.54, 1.807) is 24.4 Å². The van der Waals surface area contributed by atoms with Gasteiger partial charge >= 0.3 is 0 Å². The first-order valence-corrected chi connectivity index (χ1v) is 5.78. The van der Waals surface area contributed by atoms with Crippen LogP contribution in [0.1, 0.15) is 0 Å². The van der Waals surface area contributed by atoms with Crippen molar-refractivity contribution in [2.45, 2.75) is 6.54 Å². The molecule has 0 aliphatic carbocycles. The van der Waals surface area contributed by atoms with Crippen LogP contribution in [0, 0.1) is 5.82 Å². The summed E-state index contributed by atoms with van der Waals surface area (Å²) >= 11 is 5.56. The highest BCUT2D eigenvalue weighted by molar-refractivity contribution is 6.30. The van der Waals surface area contributed by atoms with E-state index in [0.717, 1.165) is 0 Å². The summed E-state index contributed by atoms with van der Waals surface area (Å²) in [5.74, 6) is -0.132. The van der Waals surface area contributed by atoms with Gasteiger partial charge in [-0.2, -0.15) is 0 Å². The number of pyridine rings is 1. The Hall–Kier alpha value is -1.81. The molecule has 0 saturated heterocycles. The summed E-state index contributed by atoms with van der Waals surface area (Å²) in [5, 5.41) is 0.0571. The van der Waals surface area contributed by atoms with E-state index >= 15 is 0 Å². The SMILES string of the molecule is O=c1ccccn1CCOc1ccc(Cl)c(F)c1. The zero-order chi connectivity index (χ0) is 13.0. The summed E-state index contributed by atoms with van der Waals surface area (Å²) in [6.45, 7) is 0.689. The minimum absolute atomic E-state index is 0.0571. The summed E-state index contributed by atoms with van der Waals surface area (Å²) < 4.78 is 20.0. The van der Waals surface area contributed by atoms with Crippen molar-refractivity contribution in [2.24, 2.45) is 0 Å². The predicted molar refractivity (Wildman–Crippen MR) is 67.6 cm³/mol. The third-order valence-electron chi connectivity index (χ3n) is 2.39. The highest BCUT2D eigenvalue weighted by Crippen LogP contribution is 2.20. The second-order valence-corrected chi connectivity index (χ2v) is 4.06. The van der Waals surface area contributed by atoms with Gasteiger partial charge in [-0.3, -0.25) is 4.79 Å². The minimum Gasteiger partial charge on any atom is -0.492 e. The fraction of sp³-hybridized carbons (Fsp3) is 0.154. The van der Waals surface area contributed by atoms with Crippen LogP contribution in [0.2, 0.25) is 5.02 Å². The molecule has 0 unspecified atom stereocenters. The maximum absolute atomic E-state index is 13.1. The molecular formula is C13H11ClFNO2. The van der Waals surface area contributed by atoms with Gasteiger partial charge in [-0.25, -0.2) is 4.39 Å². The molecule has 5 heteroatoms. The van der Waals surface area contributed by atoms with E-state index < -0.39 is 5.82 Å². The second-order valence-electron chi connectivity index (χ2n) is 3.66. The van der Waals surface area contributed by atoms with Crippen molar-refractivity contribution in [1.82, 2.24) is 4.57 Å². The van der Waals surface area contributed by atoms with E-state index in [0.29, 0.717) is 12.3 Å². The molecule has 2 rings (SSSR count). The normalized spacial score (nSPS) is 10.3. The fourth-order valence-corrected chi connectivity index (χ4v) is 1.59. The Morgan fingerprint density at radius 1 is 1.28 bits per heavy atom. The molecule has 0 aliphatic rings. The fourth-order valence-electron chi connectivity index (χ4n) is 1.47. The lowest BCUT2D eigenvalue weighted by atomic mass is 10.3. The third-order valence-corrected chi connectivity index (χ3v) is 2.70. The quantitative estimate of drug-likeness (QED) is 0.853. The van der Waals surface area contributed by atoms with Crippen molar-refractivity contribution in [3.8, 4) is 5.75 Å².